The van der Waals surface area contributed by atoms with E-state index in [1.54, 1.807) is 0 Å². The molecule has 1 aliphatic rings. The molecule has 0 amide bonds. The molecule has 0 aromatic rings. The molecule has 0 aliphatic carbocycles. The first-order chi connectivity index (χ1) is 8.56. The van der Waals surface area contributed by atoms with E-state index in [9.17, 15) is 8.42 Å². The molecule has 0 unspecified atom stereocenters. The zero-order valence-electron chi connectivity index (χ0n) is 10.3. The molecule has 0 atom stereocenters. The minimum absolute atomic E-state index is 0.169. The van der Waals surface area contributed by atoms with Crippen molar-refractivity contribution in [3.05, 3.63) is 0 Å². The van der Waals surface area contributed by atoms with Gasteiger partial charge in [0.05, 0.1) is 5.25 Å². The third-order valence-electron chi connectivity index (χ3n) is 2.90. The smallest absolute Gasteiger partial charge is 0.214 e. The molecule has 1 rings (SSSR count). The van der Waals surface area contributed by atoms with Gasteiger partial charge in [-0.3, -0.25) is 0 Å². The highest BCUT2D eigenvalue weighted by Gasteiger charge is 2.26. The maximum absolute atomic E-state index is 11.9. The van der Waals surface area contributed by atoms with Crippen molar-refractivity contribution < 1.29 is 18.4 Å². The van der Waals surface area contributed by atoms with E-state index in [4.69, 9.17) is 15.7 Å². The number of rotatable bonds is 7. The van der Waals surface area contributed by atoms with E-state index in [1.807, 2.05) is 0 Å². The van der Waals surface area contributed by atoms with E-state index >= 15 is 0 Å². The zero-order valence-corrected chi connectivity index (χ0v) is 11.2. The fourth-order valence-corrected chi connectivity index (χ4v) is 3.28. The Morgan fingerprint density at radius 1 is 1.39 bits per heavy atom. The fraction of sp³-hybridized carbons (Fsp3) is 0.900. The van der Waals surface area contributed by atoms with E-state index in [0.29, 0.717) is 51.9 Å². The number of unbranched alkanes of at least 4 members (excludes halogenated alkanes) is 1. The average Bonchev–Trinajstić information content (AvgIpc) is 2.39. The first-order valence-electron chi connectivity index (χ1n) is 6.09. The number of nitrogens with two attached hydrogens (primary N) is 1. The number of nitrogens with one attached hydrogen (secondary N) is 1. The van der Waals surface area contributed by atoms with Crippen LogP contribution in [0.15, 0.2) is 5.16 Å². The SMILES string of the molecule is NC(CCCCNS(=O)(=O)C1CCOCC1)=NO. The number of amidine groups is 1. The summed E-state index contributed by atoms with van der Waals surface area (Å²) in [5, 5.41) is 10.8. The van der Waals surface area contributed by atoms with Gasteiger partial charge in [-0.2, -0.15) is 0 Å². The molecule has 0 aromatic heterocycles. The average molecular weight is 279 g/mol. The second kappa shape index (κ2) is 7.55. The monoisotopic (exact) mass is 279 g/mol. The molecular weight excluding hydrogens is 258 g/mol. The Morgan fingerprint density at radius 3 is 2.67 bits per heavy atom. The van der Waals surface area contributed by atoms with Gasteiger partial charge in [0.1, 0.15) is 5.84 Å². The minimum Gasteiger partial charge on any atom is -0.409 e. The molecule has 1 aliphatic heterocycles. The van der Waals surface area contributed by atoms with Gasteiger partial charge in [0.25, 0.3) is 0 Å². The van der Waals surface area contributed by atoms with Gasteiger partial charge in [-0.25, -0.2) is 13.1 Å². The van der Waals surface area contributed by atoms with Gasteiger partial charge in [0.15, 0.2) is 0 Å². The highest BCUT2D eigenvalue weighted by molar-refractivity contribution is 7.90. The molecule has 18 heavy (non-hydrogen) atoms. The third-order valence-corrected chi connectivity index (χ3v) is 4.85. The molecule has 1 heterocycles. The Balaban J connectivity index is 2.21. The normalized spacial score (nSPS) is 19.0. The molecule has 4 N–H and O–H groups in total. The first-order valence-corrected chi connectivity index (χ1v) is 7.63. The molecule has 1 saturated heterocycles. The lowest BCUT2D eigenvalue weighted by Gasteiger charge is -2.22. The van der Waals surface area contributed by atoms with Crippen LogP contribution in [-0.4, -0.2) is 44.5 Å². The third kappa shape index (κ3) is 5.19. The first kappa shape index (κ1) is 15.2. The molecular formula is C10H21N3O4S. The lowest BCUT2D eigenvalue weighted by atomic mass is 10.2. The summed E-state index contributed by atoms with van der Waals surface area (Å²) in [6.07, 6.45) is 2.93. The van der Waals surface area contributed by atoms with Crippen molar-refractivity contribution in [2.45, 2.75) is 37.4 Å². The number of sulfonamides is 1. The largest absolute Gasteiger partial charge is 0.409 e. The van der Waals surface area contributed by atoms with Crippen LogP contribution in [0.3, 0.4) is 0 Å². The second-order valence-electron chi connectivity index (χ2n) is 4.30. The summed E-state index contributed by atoms with van der Waals surface area (Å²) in [6.45, 7) is 1.41. The van der Waals surface area contributed by atoms with Crippen LogP contribution in [0.4, 0.5) is 0 Å². The summed E-state index contributed by atoms with van der Waals surface area (Å²) in [6, 6.07) is 0. The van der Waals surface area contributed by atoms with Gasteiger partial charge >= 0.3 is 0 Å². The van der Waals surface area contributed by atoms with E-state index < -0.39 is 10.0 Å². The fourth-order valence-electron chi connectivity index (χ4n) is 1.80. The van der Waals surface area contributed by atoms with Crippen molar-refractivity contribution >= 4 is 15.9 Å². The Morgan fingerprint density at radius 2 is 2.06 bits per heavy atom. The molecule has 0 saturated carbocycles. The number of nitrogens with zero attached hydrogens (tertiary/aromatic N) is 1. The highest BCUT2D eigenvalue weighted by Crippen LogP contribution is 2.14. The van der Waals surface area contributed by atoms with Gasteiger partial charge in [-0.15, -0.1) is 0 Å². The molecule has 0 spiro atoms. The van der Waals surface area contributed by atoms with Crippen molar-refractivity contribution in [2.24, 2.45) is 10.9 Å². The van der Waals surface area contributed by atoms with E-state index in [0.717, 1.165) is 0 Å². The van der Waals surface area contributed by atoms with Gasteiger partial charge < -0.3 is 15.7 Å². The zero-order chi connectivity index (χ0) is 13.4. The maximum Gasteiger partial charge on any atom is 0.214 e. The van der Waals surface area contributed by atoms with Crippen LogP contribution < -0.4 is 10.5 Å². The van der Waals surface area contributed by atoms with Crippen LogP contribution in [0.2, 0.25) is 0 Å². The van der Waals surface area contributed by atoms with Crippen molar-refractivity contribution in [3.63, 3.8) is 0 Å². The molecule has 7 nitrogen and oxygen atoms in total. The number of hydrogen-bond donors (Lipinski definition) is 3. The summed E-state index contributed by atoms with van der Waals surface area (Å²) < 4.78 is 31.5. The summed E-state index contributed by atoms with van der Waals surface area (Å²) in [5.41, 5.74) is 5.31. The topological polar surface area (TPSA) is 114 Å². The molecule has 0 radical (unpaired) electrons. The lowest BCUT2D eigenvalue weighted by molar-refractivity contribution is 0.0981. The van der Waals surface area contributed by atoms with E-state index in [2.05, 4.69) is 9.88 Å². The standard InChI is InChI=1S/C10H21N3O4S/c11-10(13-14)3-1-2-6-12-18(15,16)9-4-7-17-8-5-9/h9,12,14H,1-8H2,(H2,11,13). The molecule has 106 valence electrons. The number of hydrogen-bond acceptors (Lipinski definition) is 5. The van der Waals surface area contributed by atoms with Crippen LogP contribution in [-0.2, 0) is 14.8 Å². The maximum atomic E-state index is 11.9. The lowest BCUT2D eigenvalue weighted by Crippen LogP contribution is -2.38. The Kier molecular flexibility index (Phi) is 6.37. The van der Waals surface area contributed by atoms with Crippen molar-refractivity contribution in [1.29, 1.82) is 0 Å². The van der Waals surface area contributed by atoms with Crippen LogP contribution in [0.25, 0.3) is 0 Å². The molecule has 0 bridgehead atoms. The van der Waals surface area contributed by atoms with Crippen molar-refractivity contribution in [2.75, 3.05) is 19.8 Å². The van der Waals surface area contributed by atoms with Crippen LogP contribution in [0.5, 0.6) is 0 Å². The second-order valence-corrected chi connectivity index (χ2v) is 6.34. The minimum atomic E-state index is -3.23. The Bertz CT molecular complexity index is 363. The van der Waals surface area contributed by atoms with Crippen molar-refractivity contribution in [3.8, 4) is 0 Å². The summed E-state index contributed by atoms with van der Waals surface area (Å²) in [5.74, 6) is 0.169. The quantitative estimate of drug-likeness (QED) is 0.199. The van der Waals surface area contributed by atoms with Gasteiger partial charge in [-0.1, -0.05) is 5.16 Å². The van der Waals surface area contributed by atoms with Crippen LogP contribution >= 0.6 is 0 Å². The predicted octanol–water partition coefficient (Wildman–Crippen LogP) is 0.00150. The van der Waals surface area contributed by atoms with E-state index in [1.165, 1.54) is 0 Å². The number of ether oxygens (including phenoxy) is 1. The van der Waals surface area contributed by atoms with Crippen molar-refractivity contribution in [1.82, 2.24) is 4.72 Å². The van der Waals surface area contributed by atoms with Crippen LogP contribution in [0.1, 0.15) is 32.1 Å². The summed E-state index contributed by atoms with van der Waals surface area (Å²) in [7, 11) is -3.23. The van der Waals surface area contributed by atoms with Gasteiger partial charge in [-0.05, 0) is 25.7 Å². The Hall–Kier alpha value is -0.860. The summed E-state index contributed by atoms with van der Waals surface area (Å²) in [4.78, 5) is 0. The molecule has 8 heteroatoms. The molecule has 0 aromatic carbocycles. The molecule has 1 fully saturated rings. The Labute approximate surface area is 107 Å². The number of oxime groups is 1. The highest BCUT2D eigenvalue weighted by atomic mass is 32.2. The van der Waals surface area contributed by atoms with E-state index in [-0.39, 0.29) is 11.1 Å². The van der Waals surface area contributed by atoms with Crippen LogP contribution in [0, 0.1) is 0 Å². The summed E-state index contributed by atoms with van der Waals surface area (Å²) >= 11 is 0. The van der Waals surface area contributed by atoms with Gasteiger partial charge in [0.2, 0.25) is 10.0 Å². The van der Waals surface area contributed by atoms with Gasteiger partial charge in [0, 0.05) is 26.2 Å². The predicted molar refractivity (Wildman–Crippen MR) is 68.0 cm³/mol.